The zero-order chi connectivity index (χ0) is 19.5. The van der Waals surface area contributed by atoms with Gasteiger partial charge in [-0.05, 0) is 33.1 Å². The third-order valence-corrected chi connectivity index (χ3v) is 5.45. The molecule has 0 spiro atoms. The van der Waals surface area contributed by atoms with Gasteiger partial charge in [-0.15, -0.1) is 11.3 Å². The maximum atomic E-state index is 11.8. The first-order chi connectivity index (χ1) is 13.1. The summed E-state index contributed by atoms with van der Waals surface area (Å²) in [6.07, 6.45) is 5.82. The van der Waals surface area contributed by atoms with Gasteiger partial charge in [0.2, 0.25) is 5.91 Å². The molecule has 0 saturated carbocycles. The number of aromatic nitrogens is 1. The van der Waals surface area contributed by atoms with E-state index in [1.807, 2.05) is 6.20 Å². The summed E-state index contributed by atoms with van der Waals surface area (Å²) in [7, 11) is 0. The Kier molecular flexibility index (Phi) is 9.55. The average molecular weight is 395 g/mol. The van der Waals surface area contributed by atoms with Gasteiger partial charge >= 0.3 is 0 Å². The summed E-state index contributed by atoms with van der Waals surface area (Å²) in [4.78, 5) is 24.4. The minimum Gasteiger partial charge on any atom is -0.357 e. The lowest BCUT2D eigenvalue weighted by Gasteiger charge is -2.32. The van der Waals surface area contributed by atoms with Crippen molar-refractivity contribution in [2.24, 2.45) is 4.99 Å². The Labute approximate surface area is 167 Å². The monoisotopic (exact) mass is 394 g/mol. The highest BCUT2D eigenvalue weighted by Crippen LogP contribution is 2.12. The molecular weight excluding hydrogens is 360 g/mol. The van der Waals surface area contributed by atoms with Gasteiger partial charge < -0.3 is 16.0 Å². The summed E-state index contributed by atoms with van der Waals surface area (Å²) >= 11 is 1.74. The van der Waals surface area contributed by atoms with Gasteiger partial charge in [-0.3, -0.25) is 14.7 Å². The molecule has 1 aliphatic rings. The van der Waals surface area contributed by atoms with Crippen LogP contribution in [0.5, 0.6) is 0 Å². The van der Waals surface area contributed by atoms with E-state index in [4.69, 9.17) is 4.99 Å². The van der Waals surface area contributed by atoms with Gasteiger partial charge in [0.15, 0.2) is 5.96 Å². The maximum absolute atomic E-state index is 11.8. The minimum absolute atomic E-state index is 0.135. The molecule has 3 N–H and O–H groups in total. The highest BCUT2D eigenvalue weighted by Gasteiger charge is 2.21. The number of aryl methyl sites for hydroxylation is 1. The van der Waals surface area contributed by atoms with E-state index in [2.05, 4.69) is 46.6 Å². The number of carbonyl (C=O) groups is 1. The number of carbonyl (C=O) groups excluding carboxylic acids is 1. The molecule has 152 valence electrons. The molecule has 1 saturated heterocycles. The van der Waals surface area contributed by atoms with Crippen LogP contribution in [-0.2, 0) is 11.2 Å². The van der Waals surface area contributed by atoms with Crippen molar-refractivity contribution in [3.05, 3.63) is 16.1 Å². The maximum Gasteiger partial charge on any atom is 0.234 e. The topological polar surface area (TPSA) is 81.7 Å². The van der Waals surface area contributed by atoms with E-state index >= 15 is 0 Å². The van der Waals surface area contributed by atoms with E-state index in [0.29, 0.717) is 12.6 Å². The summed E-state index contributed by atoms with van der Waals surface area (Å²) in [5, 5.41) is 11.0. The van der Waals surface area contributed by atoms with Crippen molar-refractivity contribution in [1.82, 2.24) is 25.8 Å². The summed E-state index contributed by atoms with van der Waals surface area (Å²) in [6.45, 7) is 11.0. The molecule has 8 heteroatoms. The first kappa shape index (κ1) is 21.6. The van der Waals surface area contributed by atoms with Crippen LogP contribution >= 0.6 is 11.3 Å². The van der Waals surface area contributed by atoms with Gasteiger partial charge in [-0.1, -0.05) is 6.92 Å². The molecule has 7 nitrogen and oxygen atoms in total. The first-order valence-electron chi connectivity index (χ1n) is 10.1. The molecule has 0 aromatic carbocycles. The van der Waals surface area contributed by atoms with Crippen molar-refractivity contribution < 1.29 is 4.79 Å². The quantitative estimate of drug-likeness (QED) is 0.437. The Morgan fingerprint density at radius 3 is 2.74 bits per heavy atom. The lowest BCUT2D eigenvalue weighted by molar-refractivity contribution is -0.122. The zero-order valence-electron chi connectivity index (χ0n) is 16.9. The van der Waals surface area contributed by atoms with Gasteiger partial charge in [-0.25, -0.2) is 4.98 Å². The SMILES string of the molecule is CCCNC(=O)CN1CCC(NC(=NCCc2ncc(C)s2)NCC)CC1. The number of guanidine groups is 1. The molecule has 0 unspecified atom stereocenters. The Bertz CT molecular complexity index is 595. The van der Waals surface area contributed by atoms with Crippen LogP contribution in [0.15, 0.2) is 11.2 Å². The third-order valence-electron chi connectivity index (χ3n) is 4.48. The standard InChI is InChI=1S/C19H34N6OS/c1-4-9-21-17(26)14-25-11-7-16(8-12-25)24-19(20-5-2)22-10-6-18-23-13-15(3)27-18/h13,16H,4-12,14H2,1-3H3,(H,21,26)(H2,20,22,24). The van der Waals surface area contributed by atoms with E-state index < -0.39 is 0 Å². The second-order valence-electron chi connectivity index (χ2n) is 6.92. The second-order valence-corrected chi connectivity index (χ2v) is 8.24. The molecule has 0 atom stereocenters. The summed E-state index contributed by atoms with van der Waals surface area (Å²) in [5.74, 6) is 1.01. The molecule has 0 bridgehead atoms. The van der Waals surface area contributed by atoms with Crippen molar-refractivity contribution >= 4 is 23.2 Å². The summed E-state index contributed by atoms with van der Waals surface area (Å²) < 4.78 is 0. The fourth-order valence-corrected chi connectivity index (χ4v) is 3.83. The van der Waals surface area contributed by atoms with Crippen molar-refractivity contribution in [2.45, 2.75) is 52.5 Å². The van der Waals surface area contributed by atoms with E-state index in [1.165, 1.54) is 4.88 Å². The predicted molar refractivity (Wildman–Crippen MR) is 112 cm³/mol. The number of rotatable bonds is 9. The number of aliphatic imine (C=N–C) groups is 1. The van der Waals surface area contributed by atoms with Crippen LogP contribution in [0.2, 0.25) is 0 Å². The molecule has 1 amide bonds. The number of thiazole rings is 1. The number of nitrogens with one attached hydrogen (secondary N) is 3. The van der Waals surface area contributed by atoms with Crippen molar-refractivity contribution in [1.29, 1.82) is 0 Å². The molecule has 2 heterocycles. The van der Waals surface area contributed by atoms with E-state index in [-0.39, 0.29) is 5.91 Å². The molecule has 1 fully saturated rings. The number of hydrogen-bond donors (Lipinski definition) is 3. The Morgan fingerprint density at radius 2 is 2.11 bits per heavy atom. The summed E-state index contributed by atoms with van der Waals surface area (Å²) in [5.41, 5.74) is 0. The first-order valence-corrected chi connectivity index (χ1v) is 10.9. The zero-order valence-corrected chi connectivity index (χ0v) is 17.7. The largest absolute Gasteiger partial charge is 0.357 e. The van der Waals surface area contributed by atoms with Crippen LogP contribution in [0.1, 0.15) is 43.0 Å². The fraction of sp³-hybridized carbons (Fsp3) is 0.737. The normalized spacial score (nSPS) is 16.3. The fourth-order valence-electron chi connectivity index (χ4n) is 3.05. The van der Waals surface area contributed by atoms with Gasteiger partial charge in [-0.2, -0.15) is 0 Å². The second kappa shape index (κ2) is 11.9. The minimum atomic E-state index is 0.135. The van der Waals surface area contributed by atoms with Gasteiger partial charge in [0.05, 0.1) is 11.6 Å². The molecule has 2 rings (SSSR count). The lowest BCUT2D eigenvalue weighted by atomic mass is 10.1. The van der Waals surface area contributed by atoms with Gasteiger partial charge in [0, 0.05) is 56.3 Å². The van der Waals surface area contributed by atoms with E-state index in [9.17, 15) is 4.79 Å². The van der Waals surface area contributed by atoms with Crippen LogP contribution in [0.4, 0.5) is 0 Å². The summed E-state index contributed by atoms with van der Waals surface area (Å²) in [6, 6.07) is 0.403. The number of likely N-dealkylation sites (tertiary alicyclic amines) is 1. The predicted octanol–water partition coefficient (Wildman–Crippen LogP) is 1.54. The van der Waals surface area contributed by atoms with Crippen LogP contribution in [-0.4, -0.2) is 67.1 Å². The molecule has 1 aromatic heterocycles. The number of hydrogen-bond acceptors (Lipinski definition) is 5. The average Bonchev–Trinajstić information content (AvgIpc) is 3.07. The number of piperidine rings is 1. The molecule has 1 aromatic rings. The highest BCUT2D eigenvalue weighted by atomic mass is 32.1. The molecule has 27 heavy (non-hydrogen) atoms. The van der Waals surface area contributed by atoms with E-state index in [0.717, 1.165) is 69.4 Å². The lowest BCUT2D eigenvalue weighted by Crippen LogP contribution is -2.50. The third kappa shape index (κ3) is 8.26. The van der Waals surface area contributed by atoms with Crippen LogP contribution in [0.25, 0.3) is 0 Å². The van der Waals surface area contributed by atoms with Gasteiger partial charge in [0.25, 0.3) is 0 Å². The Balaban J connectivity index is 1.73. The van der Waals surface area contributed by atoms with Crippen molar-refractivity contribution in [3.63, 3.8) is 0 Å². The molecular formula is C19H34N6OS. The number of amides is 1. The van der Waals surface area contributed by atoms with Crippen molar-refractivity contribution in [3.8, 4) is 0 Å². The smallest absolute Gasteiger partial charge is 0.234 e. The van der Waals surface area contributed by atoms with E-state index in [1.54, 1.807) is 11.3 Å². The van der Waals surface area contributed by atoms with Crippen LogP contribution in [0, 0.1) is 6.92 Å². The molecule has 1 aliphatic heterocycles. The highest BCUT2D eigenvalue weighted by molar-refractivity contribution is 7.11. The Hall–Kier alpha value is -1.67. The molecule has 0 radical (unpaired) electrons. The number of nitrogens with zero attached hydrogens (tertiary/aromatic N) is 3. The van der Waals surface area contributed by atoms with Crippen LogP contribution < -0.4 is 16.0 Å². The van der Waals surface area contributed by atoms with Crippen molar-refractivity contribution in [2.75, 3.05) is 39.3 Å². The molecule has 0 aliphatic carbocycles. The Morgan fingerprint density at radius 1 is 1.33 bits per heavy atom. The van der Waals surface area contributed by atoms with Crippen LogP contribution in [0.3, 0.4) is 0 Å². The van der Waals surface area contributed by atoms with Gasteiger partial charge in [0.1, 0.15) is 0 Å².